The van der Waals surface area contributed by atoms with Crippen LogP contribution < -0.4 is 0 Å². The van der Waals surface area contributed by atoms with Gasteiger partial charge in [0.2, 0.25) is 0 Å². The van der Waals surface area contributed by atoms with Gasteiger partial charge in [-0.25, -0.2) is 0 Å². The first kappa shape index (κ1) is 9.65. The third-order valence-corrected chi connectivity index (χ3v) is 1.93. The van der Waals surface area contributed by atoms with Crippen LogP contribution in [0.2, 0.25) is 0 Å². The van der Waals surface area contributed by atoms with Gasteiger partial charge in [-0.3, -0.25) is 4.68 Å². The van der Waals surface area contributed by atoms with Crippen molar-refractivity contribution in [3.05, 3.63) is 18.0 Å². The van der Waals surface area contributed by atoms with Crippen molar-refractivity contribution in [2.24, 2.45) is 5.92 Å². The highest BCUT2D eigenvalue weighted by Crippen LogP contribution is 2.04. The Bertz CT molecular complexity index is 230. The highest BCUT2D eigenvalue weighted by atomic mass is 32.1. The molecule has 0 saturated heterocycles. The standard InChI is InChI=1S/C9H16N2S/c1-8(2)7-11-9(4-6-12)3-5-10-11/h3,5,8,12H,4,6-7H2,1-2H3. The van der Waals surface area contributed by atoms with Crippen molar-refractivity contribution < 1.29 is 0 Å². The van der Waals surface area contributed by atoms with Gasteiger partial charge in [0.1, 0.15) is 0 Å². The van der Waals surface area contributed by atoms with Gasteiger partial charge < -0.3 is 0 Å². The van der Waals surface area contributed by atoms with Crippen LogP contribution in [0, 0.1) is 5.92 Å². The number of nitrogens with zero attached hydrogens (tertiary/aromatic N) is 2. The normalized spacial score (nSPS) is 11.0. The molecule has 1 rings (SSSR count). The van der Waals surface area contributed by atoms with Gasteiger partial charge in [0, 0.05) is 18.4 Å². The summed E-state index contributed by atoms with van der Waals surface area (Å²) in [6.45, 7) is 5.41. The molecule has 0 aliphatic rings. The molecule has 0 aliphatic heterocycles. The second-order valence-electron chi connectivity index (χ2n) is 3.37. The SMILES string of the molecule is CC(C)Cn1nccc1CCS. The van der Waals surface area contributed by atoms with Gasteiger partial charge in [0.15, 0.2) is 0 Å². The first-order valence-electron chi connectivity index (χ1n) is 4.35. The van der Waals surface area contributed by atoms with E-state index in [-0.39, 0.29) is 0 Å². The summed E-state index contributed by atoms with van der Waals surface area (Å²) in [5, 5.41) is 4.26. The van der Waals surface area contributed by atoms with E-state index in [1.54, 1.807) is 0 Å². The Morgan fingerprint density at radius 1 is 1.58 bits per heavy atom. The average molecular weight is 184 g/mol. The zero-order valence-electron chi connectivity index (χ0n) is 7.70. The van der Waals surface area contributed by atoms with Crippen molar-refractivity contribution in [2.45, 2.75) is 26.8 Å². The van der Waals surface area contributed by atoms with Crippen molar-refractivity contribution in [3.8, 4) is 0 Å². The van der Waals surface area contributed by atoms with Crippen LogP contribution in [0.5, 0.6) is 0 Å². The molecular formula is C9H16N2S. The molecule has 1 heterocycles. The number of thiol groups is 1. The molecule has 0 unspecified atom stereocenters. The average Bonchev–Trinajstić information content (AvgIpc) is 2.37. The Hall–Kier alpha value is -0.440. The molecule has 0 aliphatic carbocycles. The van der Waals surface area contributed by atoms with E-state index in [2.05, 4.69) is 42.3 Å². The van der Waals surface area contributed by atoms with Gasteiger partial charge in [-0.1, -0.05) is 13.8 Å². The third kappa shape index (κ3) is 2.55. The molecule has 0 amide bonds. The summed E-state index contributed by atoms with van der Waals surface area (Å²) >= 11 is 4.20. The lowest BCUT2D eigenvalue weighted by Crippen LogP contribution is -2.09. The molecule has 68 valence electrons. The number of rotatable bonds is 4. The quantitative estimate of drug-likeness (QED) is 0.709. The summed E-state index contributed by atoms with van der Waals surface area (Å²) < 4.78 is 2.07. The molecule has 0 bridgehead atoms. The topological polar surface area (TPSA) is 17.8 Å². The molecule has 1 aromatic heterocycles. The van der Waals surface area contributed by atoms with Crippen LogP contribution in [0.1, 0.15) is 19.5 Å². The smallest absolute Gasteiger partial charge is 0.0492 e. The molecule has 0 radical (unpaired) electrons. The predicted molar refractivity (Wildman–Crippen MR) is 54.6 cm³/mol. The number of hydrogen-bond donors (Lipinski definition) is 1. The Kier molecular flexibility index (Phi) is 3.66. The van der Waals surface area contributed by atoms with E-state index >= 15 is 0 Å². The van der Waals surface area contributed by atoms with E-state index in [9.17, 15) is 0 Å². The van der Waals surface area contributed by atoms with Gasteiger partial charge in [0.25, 0.3) is 0 Å². The first-order chi connectivity index (χ1) is 5.74. The highest BCUT2D eigenvalue weighted by molar-refractivity contribution is 7.80. The summed E-state index contributed by atoms with van der Waals surface area (Å²) in [4.78, 5) is 0. The third-order valence-electron chi connectivity index (χ3n) is 1.71. The molecule has 0 atom stereocenters. The summed E-state index contributed by atoms with van der Waals surface area (Å²) in [5.74, 6) is 1.55. The van der Waals surface area contributed by atoms with Crippen LogP contribution in [0.3, 0.4) is 0 Å². The molecule has 0 N–H and O–H groups in total. The Labute approximate surface area is 79.4 Å². The van der Waals surface area contributed by atoms with Crippen molar-refractivity contribution >= 4 is 12.6 Å². The van der Waals surface area contributed by atoms with Gasteiger partial charge in [-0.15, -0.1) is 0 Å². The van der Waals surface area contributed by atoms with E-state index in [4.69, 9.17) is 0 Å². The fraction of sp³-hybridized carbons (Fsp3) is 0.667. The fourth-order valence-electron chi connectivity index (χ4n) is 1.20. The zero-order chi connectivity index (χ0) is 8.97. The van der Waals surface area contributed by atoms with Gasteiger partial charge in [-0.05, 0) is 24.2 Å². The summed E-state index contributed by atoms with van der Waals surface area (Å²) in [7, 11) is 0. The number of hydrogen-bond acceptors (Lipinski definition) is 2. The summed E-state index contributed by atoms with van der Waals surface area (Å²) in [6.07, 6.45) is 2.87. The second kappa shape index (κ2) is 4.55. The van der Waals surface area contributed by atoms with Crippen LogP contribution >= 0.6 is 12.6 Å². The Balaban J connectivity index is 2.63. The second-order valence-corrected chi connectivity index (χ2v) is 3.82. The predicted octanol–water partition coefficient (Wildman–Crippen LogP) is 2.01. The molecule has 0 spiro atoms. The zero-order valence-corrected chi connectivity index (χ0v) is 8.59. The van der Waals surface area contributed by atoms with Gasteiger partial charge >= 0.3 is 0 Å². The molecule has 3 heteroatoms. The molecule has 12 heavy (non-hydrogen) atoms. The number of aromatic nitrogens is 2. The minimum Gasteiger partial charge on any atom is -0.269 e. The van der Waals surface area contributed by atoms with E-state index in [0.29, 0.717) is 5.92 Å². The maximum Gasteiger partial charge on any atom is 0.0492 e. The van der Waals surface area contributed by atoms with E-state index in [1.807, 2.05) is 6.20 Å². The first-order valence-corrected chi connectivity index (χ1v) is 4.99. The van der Waals surface area contributed by atoms with Crippen LogP contribution in [-0.2, 0) is 13.0 Å². The van der Waals surface area contributed by atoms with Crippen LogP contribution in [-0.4, -0.2) is 15.5 Å². The van der Waals surface area contributed by atoms with Crippen molar-refractivity contribution in [3.63, 3.8) is 0 Å². The van der Waals surface area contributed by atoms with E-state index in [0.717, 1.165) is 18.7 Å². The van der Waals surface area contributed by atoms with Crippen molar-refractivity contribution in [2.75, 3.05) is 5.75 Å². The van der Waals surface area contributed by atoms with E-state index in [1.165, 1.54) is 5.69 Å². The largest absolute Gasteiger partial charge is 0.269 e. The van der Waals surface area contributed by atoms with Gasteiger partial charge in [-0.2, -0.15) is 17.7 Å². The molecule has 2 nitrogen and oxygen atoms in total. The lowest BCUT2D eigenvalue weighted by molar-refractivity contribution is 0.470. The van der Waals surface area contributed by atoms with Crippen LogP contribution in [0.25, 0.3) is 0 Å². The highest BCUT2D eigenvalue weighted by Gasteiger charge is 2.02. The van der Waals surface area contributed by atoms with E-state index < -0.39 is 0 Å². The minimum absolute atomic E-state index is 0.656. The van der Waals surface area contributed by atoms with Crippen LogP contribution in [0.15, 0.2) is 12.3 Å². The lowest BCUT2D eigenvalue weighted by atomic mass is 10.2. The molecule has 0 saturated carbocycles. The monoisotopic (exact) mass is 184 g/mol. The maximum absolute atomic E-state index is 4.26. The summed E-state index contributed by atoms with van der Waals surface area (Å²) in [5.41, 5.74) is 1.29. The van der Waals surface area contributed by atoms with Crippen LogP contribution in [0.4, 0.5) is 0 Å². The Morgan fingerprint density at radius 2 is 2.33 bits per heavy atom. The molecule has 0 fully saturated rings. The minimum atomic E-state index is 0.656. The van der Waals surface area contributed by atoms with Crippen molar-refractivity contribution in [1.29, 1.82) is 0 Å². The molecular weight excluding hydrogens is 168 g/mol. The maximum atomic E-state index is 4.26. The molecule has 0 aromatic carbocycles. The number of aryl methyl sites for hydroxylation is 1. The Morgan fingerprint density at radius 3 is 2.92 bits per heavy atom. The fourth-order valence-corrected chi connectivity index (χ4v) is 1.43. The summed E-state index contributed by atoms with van der Waals surface area (Å²) in [6, 6.07) is 2.07. The van der Waals surface area contributed by atoms with Gasteiger partial charge in [0.05, 0.1) is 0 Å². The lowest BCUT2D eigenvalue weighted by Gasteiger charge is -2.08. The molecule has 1 aromatic rings. The van der Waals surface area contributed by atoms with Crippen molar-refractivity contribution in [1.82, 2.24) is 9.78 Å².